The van der Waals surface area contributed by atoms with Gasteiger partial charge in [0.1, 0.15) is 11.4 Å². The summed E-state index contributed by atoms with van der Waals surface area (Å²) in [5.74, 6) is -0.147. The Morgan fingerprint density at radius 1 is 1.39 bits per heavy atom. The molecular weight excluding hydrogens is 294 g/mol. The van der Waals surface area contributed by atoms with Crippen molar-refractivity contribution in [3.63, 3.8) is 0 Å². The molecule has 124 valence electrons. The number of carboxylic acids is 1. The largest absolute Gasteiger partial charge is 0.478 e. The normalized spacial score (nSPS) is 21.9. The van der Waals surface area contributed by atoms with E-state index in [-0.39, 0.29) is 17.4 Å². The van der Waals surface area contributed by atoms with Gasteiger partial charge in [-0.2, -0.15) is 0 Å². The minimum atomic E-state index is -0.991. The van der Waals surface area contributed by atoms with E-state index in [0.29, 0.717) is 24.8 Å². The third-order valence-electron chi connectivity index (χ3n) is 4.83. The van der Waals surface area contributed by atoms with Crippen molar-refractivity contribution in [2.24, 2.45) is 5.92 Å². The summed E-state index contributed by atoms with van der Waals surface area (Å²) in [6.45, 7) is 3.17. The molecule has 3 rings (SSSR count). The van der Waals surface area contributed by atoms with Crippen LogP contribution < -0.4 is 5.32 Å². The number of rotatable bonds is 5. The lowest BCUT2D eigenvalue weighted by molar-refractivity contribution is -0.129. The highest BCUT2D eigenvalue weighted by atomic mass is 16.4. The van der Waals surface area contributed by atoms with Crippen LogP contribution in [0.1, 0.15) is 48.2 Å². The van der Waals surface area contributed by atoms with Gasteiger partial charge in [-0.05, 0) is 31.9 Å². The average Bonchev–Trinajstić information content (AvgIpc) is 3.14. The first kappa shape index (κ1) is 15.8. The lowest BCUT2D eigenvalue weighted by atomic mass is 10.1. The molecule has 1 aliphatic heterocycles. The summed E-state index contributed by atoms with van der Waals surface area (Å²) in [5.41, 5.74) is 0.945. The predicted octanol–water partition coefficient (Wildman–Crippen LogP) is 2.29. The number of pyridine rings is 1. The predicted molar refractivity (Wildman–Crippen MR) is 86.5 cm³/mol. The molecule has 0 aromatic carbocycles. The molecule has 1 aliphatic carbocycles. The fraction of sp³-hybridized carbons (Fsp3) is 0.588. The van der Waals surface area contributed by atoms with E-state index in [9.17, 15) is 14.7 Å². The summed E-state index contributed by atoms with van der Waals surface area (Å²) in [6, 6.07) is 3.67. The van der Waals surface area contributed by atoms with Gasteiger partial charge in [-0.15, -0.1) is 0 Å². The van der Waals surface area contributed by atoms with Crippen LogP contribution in [-0.2, 0) is 4.79 Å². The molecule has 1 aromatic rings. The zero-order chi connectivity index (χ0) is 16.4. The van der Waals surface area contributed by atoms with Crippen LogP contribution in [0, 0.1) is 12.8 Å². The number of amides is 1. The van der Waals surface area contributed by atoms with Gasteiger partial charge in [-0.25, -0.2) is 9.78 Å². The number of carbonyl (C=O) groups excluding carboxylic acids is 1. The van der Waals surface area contributed by atoms with Crippen molar-refractivity contribution in [2.75, 3.05) is 18.4 Å². The molecule has 23 heavy (non-hydrogen) atoms. The summed E-state index contributed by atoms with van der Waals surface area (Å²) < 4.78 is 0. The summed E-state index contributed by atoms with van der Waals surface area (Å²) in [7, 11) is 0. The zero-order valence-electron chi connectivity index (χ0n) is 13.4. The number of hydrogen-bond donors (Lipinski definition) is 2. The summed E-state index contributed by atoms with van der Waals surface area (Å²) in [4.78, 5) is 29.8. The zero-order valence-corrected chi connectivity index (χ0v) is 13.4. The van der Waals surface area contributed by atoms with Gasteiger partial charge >= 0.3 is 5.97 Å². The second-order valence-electron chi connectivity index (χ2n) is 6.59. The SMILES string of the molecule is Cc1ccc(C(=O)O)c(NCC2CC(=O)N(C3CCCC3)C2)n1. The van der Waals surface area contributed by atoms with Crippen molar-refractivity contribution in [1.82, 2.24) is 9.88 Å². The fourth-order valence-electron chi connectivity index (χ4n) is 3.62. The number of aromatic nitrogens is 1. The number of carboxylic acid groups (broad SMARTS) is 1. The van der Waals surface area contributed by atoms with Crippen molar-refractivity contribution in [3.05, 3.63) is 23.4 Å². The quantitative estimate of drug-likeness (QED) is 0.870. The fourth-order valence-corrected chi connectivity index (χ4v) is 3.62. The maximum absolute atomic E-state index is 12.2. The molecule has 1 atom stereocenters. The molecular formula is C17H23N3O3. The maximum atomic E-state index is 12.2. The van der Waals surface area contributed by atoms with Crippen LogP contribution in [0.2, 0.25) is 0 Å². The minimum Gasteiger partial charge on any atom is -0.478 e. The highest BCUT2D eigenvalue weighted by Crippen LogP contribution is 2.29. The molecule has 1 saturated heterocycles. The Hall–Kier alpha value is -2.11. The molecule has 1 amide bonds. The number of anilines is 1. The van der Waals surface area contributed by atoms with Crippen LogP contribution in [0.3, 0.4) is 0 Å². The van der Waals surface area contributed by atoms with E-state index in [2.05, 4.69) is 10.3 Å². The van der Waals surface area contributed by atoms with E-state index in [1.807, 2.05) is 11.8 Å². The van der Waals surface area contributed by atoms with Crippen LogP contribution >= 0.6 is 0 Å². The number of aryl methyl sites for hydroxylation is 1. The molecule has 2 fully saturated rings. The Morgan fingerprint density at radius 2 is 2.13 bits per heavy atom. The van der Waals surface area contributed by atoms with E-state index >= 15 is 0 Å². The van der Waals surface area contributed by atoms with E-state index < -0.39 is 5.97 Å². The Balaban J connectivity index is 1.62. The van der Waals surface area contributed by atoms with Crippen molar-refractivity contribution < 1.29 is 14.7 Å². The molecule has 0 radical (unpaired) electrons. The van der Waals surface area contributed by atoms with Gasteiger partial charge in [0.25, 0.3) is 0 Å². The molecule has 2 heterocycles. The first-order valence-electron chi connectivity index (χ1n) is 8.29. The van der Waals surface area contributed by atoms with Crippen molar-refractivity contribution in [3.8, 4) is 0 Å². The molecule has 6 nitrogen and oxygen atoms in total. The molecule has 6 heteroatoms. The van der Waals surface area contributed by atoms with Gasteiger partial charge in [-0.3, -0.25) is 4.79 Å². The van der Waals surface area contributed by atoms with E-state index in [1.54, 1.807) is 12.1 Å². The van der Waals surface area contributed by atoms with E-state index in [4.69, 9.17) is 0 Å². The van der Waals surface area contributed by atoms with Crippen molar-refractivity contribution >= 4 is 17.7 Å². The van der Waals surface area contributed by atoms with Gasteiger partial charge < -0.3 is 15.3 Å². The third-order valence-corrected chi connectivity index (χ3v) is 4.83. The second-order valence-corrected chi connectivity index (χ2v) is 6.59. The van der Waals surface area contributed by atoms with Crippen LogP contribution in [0.5, 0.6) is 0 Å². The topological polar surface area (TPSA) is 82.5 Å². The smallest absolute Gasteiger partial charge is 0.339 e. The molecule has 0 spiro atoms. The minimum absolute atomic E-state index is 0.174. The highest BCUT2D eigenvalue weighted by Gasteiger charge is 2.35. The lowest BCUT2D eigenvalue weighted by Gasteiger charge is -2.24. The average molecular weight is 317 g/mol. The highest BCUT2D eigenvalue weighted by molar-refractivity contribution is 5.93. The number of nitrogens with zero attached hydrogens (tertiary/aromatic N) is 2. The number of hydrogen-bond acceptors (Lipinski definition) is 4. The Kier molecular flexibility index (Phi) is 4.50. The van der Waals surface area contributed by atoms with Gasteiger partial charge in [0.05, 0.1) is 0 Å². The van der Waals surface area contributed by atoms with Gasteiger partial charge in [0.2, 0.25) is 5.91 Å². The number of likely N-dealkylation sites (tertiary alicyclic amines) is 1. The molecule has 2 aliphatic rings. The van der Waals surface area contributed by atoms with E-state index in [1.165, 1.54) is 12.8 Å². The number of aromatic carboxylic acids is 1. The monoisotopic (exact) mass is 317 g/mol. The maximum Gasteiger partial charge on any atom is 0.339 e. The van der Waals surface area contributed by atoms with Crippen molar-refractivity contribution in [2.45, 2.75) is 45.1 Å². The van der Waals surface area contributed by atoms with E-state index in [0.717, 1.165) is 25.1 Å². The van der Waals surface area contributed by atoms with Gasteiger partial charge in [0, 0.05) is 37.2 Å². The summed E-state index contributed by atoms with van der Waals surface area (Å²) >= 11 is 0. The molecule has 2 N–H and O–H groups in total. The Labute approximate surface area is 135 Å². The summed E-state index contributed by atoms with van der Waals surface area (Å²) in [6.07, 6.45) is 5.21. The van der Waals surface area contributed by atoms with Crippen molar-refractivity contribution in [1.29, 1.82) is 0 Å². The van der Waals surface area contributed by atoms with Crippen LogP contribution in [-0.4, -0.2) is 46.0 Å². The Bertz CT molecular complexity index is 611. The standard InChI is InChI=1S/C17H23N3O3/c1-11-6-7-14(17(22)23)16(19-11)18-9-12-8-15(21)20(10-12)13-4-2-3-5-13/h6-7,12-13H,2-5,8-10H2,1H3,(H,18,19)(H,22,23). The number of nitrogens with one attached hydrogen (secondary N) is 1. The second kappa shape index (κ2) is 6.56. The molecule has 1 aromatic heterocycles. The third kappa shape index (κ3) is 3.46. The Morgan fingerprint density at radius 3 is 2.83 bits per heavy atom. The lowest BCUT2D eigenvalue weighted by Crippen LogP contribution is -2.35. The van der Waals surface area contributed by atoms with Gasteiger partial charge in [0.15, 0.2) is 0 Å². The van der Waals surface area contributed by atoms with Crippen LogP contribution in [0.25, 0.3) is 0 Å². The molecule has 0 bridgehead atoms. The van der Waals surface area contributed by atoms with Crippen LogP contribution in [0.15, 0.2) is 12.1 Å². The molecule has 1 saturated carbocycles. The van der Waals surface area contributed by atoms with Crippen LogP contribution in [0.4, 0.5) is 5.82 Å². The first-order chi connectivity index (χ1) is 11.0. The summed E-state index contributed by atoms with van der Waals surface area (Å²) in [5, 5.41) is 12.4. The first-order valence-corrected chi connectivity index (χ1v) is 8.29. The molecule has 1 unspecified atom stereocenters. The number of carbonyl (C=O) groups is 2. The van der Waals surface area contributed by atoms with Gasteiger partial charge in [-0.1, -0.05) is 12.8 Å².